The first-order chi connectivity index (χ1) is 7.61. The Bertz CT molecular complexity index is 675. The number of aromatic nitrogens is 2. The van der Waals surface area contributed by atoms with Crippen molar-refractivity contribution in [2.24, 2.45) is 0 Å². The molecule has 0 aromatic carbocycles. The predicted molar refractivity (Wildman–Crippen MR) is 60.6 cm³/mol. The number of aromatic hydroxyl groups is 1. The molecule has 0 atom stereocenters. The van der Waals surface area contributed by atoms with Crippen molar-refractivity contribution in [3.63, 3.8) is 0 Å². The fourth-order valence-corrected chi connectivity index (χ4v) is 1.49. The van der Waals surface area contributed by atoms with Crippen LogP contribution in [-0.4, -0.2) is 10.1 Å². The highest BCUT2D eigenvalue weighted by atomic mass is 16.3. The van der Waals surface area contributed by atoms with Gasteiger partial charge in [0.1, 0.15) is 0 Å². The number of pyridine rings is 2. The first-order valence-corrected chi connectivity index (χ1v) is 4.71. The normalized spacial score (nSPS) is 10.2. The quantitative estimate of drug-likeness (QED) is 0.610. The molecular formula is C12H11N2O2+. The van der Waals surface area contributed by atoms with Crippen molar-refractivity contribution in [1.82, 2.24) is 4.98 Å². The van der Waals surface area contributed by atoms with E-state index in [1.807, 2.05) is 18.2 Å². The highest BCUT2D eigenvalue weighted by Crippen LogP contribution is 2.02. The van der Waals surface area contributed by atoms with Gasteiger partial charge < -0.3 is 5.11 Å². The molecule has 0 bridgehead atoms. The molecule has 0 saturated heterocycles. The Kier molecular flexibility index (Phi) is 2.32. The van der Waals surface area contributed by atoms with Gasteiger partial charge in [0, 0.05) is 17.4 Å². The second-order valence-electron chi connectivity index (χ2n) is 3.39. The van der Waals surface area contributed by atoms with Crippen LogP contribution in [0.2, 0.25) is 0 Å². The Morgan fingerprint density at radius 3 is 2.38 bits per heavy atom. The minimum atomic E-state index is -0.428. The number of aromatic amines is 1. The maximum absolute atomic E-state index is 11.3. The van der Waals surface area contributed by atoms with E-state index in [1.54, 1.807) is 17.0 Å². The van der Waals surface area contributed by atoms with Gasteiger partial charge in [0.2, 0.25) is 0 Å². The molecule has 2 rings (SSSR count). The number of hydrogen-bond donors (Lipinski definition) is 2. The Labute approximate surface area is 91.4 Å². The number of hydrogen-bond acceptors (Lipinski definition) is 2. The Morgan fingerprint density at radius 1 is 1.12 bits per heavy atom. The van der Waals surface area contributed by atoms with E-state index in [-0.39, 0.29) is 11.1 Å². The van der Waals surface area contributed by atoms with Gasteiger partial charge in [0.15, 0.2) is 12.4 Å². The molecule has 0 saturated carbocycles. The van der Waals surface area contributed by atoms with Gasteiger partial charge in [0.05, 0.1) is 5.22 Å². The van der Waals surface area contributed by atoms with Gasteiger partial charge in [-0.05, 0) is 0 Å². The number of nitrogens with zero attached hydrogens (tertiary/aromatic N) is 1. The van der Waals surface area contributed by atoms with Crippen LogP contribution in [0, 0.1) is 0 Å². The molecule has 80 valence electrons. The van der Waals surface area contributed by atoms with Crippen LogP contribution in [0.15, 0.2) is 35.4 Å². The van der Waals surface area contributed by atoms with Crippen LogP contribution in [0.3, 0.4) is 0 Å². The lowest BCUT2D eigenvalue weighted by Gasteiger charge is -1.99. The highest BCUT2D eigenvalue weighted by molar-refractivity contribution is 5.36. The summed E-state index contributed by atoms with van der Waals surface area (Å²) in [7, 11) is 0. The van der Waals surface area contributed by atoms with E-state index >= 15 is 0 Å². The zero-order valence-corrected chi connectivity index (χ0v) is 8.60. The van der Waals surface area contributed by atoms with Crippen molar-refractivity contribution in [3.8, 4) is 11.6 Å². The van der Waals surface area contributed by atoms with Crippen molar-refractivity contribution in [2.75, 3.05) is 0 Å². The summed E-state index contributed by atoms with van der Waals surface area (Å²) in [6.07, 6.45) is 3.50. The number of H-pyrrole nitrogens is 1. The fraction of sp³-hybridized carbons (Fsp3) is 0. The lowest BCUT2D eigenvalue weighted by molar-refractivity contribution is -0.597. The number of nitrogens with one attached hydrogen (secondary N) is 1. The molecule has 0 aliphatic rings. The molecule has 0 aliphatic heterocycles. The van der Waals surface area contributed by atoms with Gasteiger partial charge in [-0.2, -0.15) is 4.57 Å². The molecule has 2 N–H and O–H groups in total. The molecule has 0 fully saturated rings. The van der Waals surface area contributed by atoms with Crippen LogP contribution in [0.5, 0.6) is 5.88 Å². The van der Waals surface area contributed by atoms with Crippen molar-refractivity contribution < 1.29 is 9.67 Å². The SMILES string of the molecule is C=c1c(-[n+]2ccccc2)c(O)[nH]c(=O)c1=C. The lowest BCUT2D eigenvalue weighted by atomic mass is 10.2. The van der Waals surface area contributed by atoms with E-state index in [0.717, 1.165) is 0 Å². The van der Waals surface area contributed by atoms with Crippen molar-refractivity contribution in [2.45, 2.75) is 0 Å². The zero-order valence-electron chi connectivity index (χ0n) is 8.60. The summed E-state index contributed by atoms with van der Waals surface area (Å²) in [5, 5.41) is 10.4. The van der Waals surface area contributed by atoms with Crippen LogP contribution in [0.4, 0.5) is 0 Å². The largest absolute Gasteiger partial charge is 0.490 e. The van der Waals surface area contributed by atoms with Gasteiger partial charge in [-0.1, -0.05) is 19.2 Å². The summed E-state index contributed by atoms with van der Waals surface area (Å²) in [6, 6.07) is 5.48. The first kappa shape index (κ1) is 10.2. The molecular weight excluding hydrogens is 204 g/mol. The molecule has 2 heterocycles. The lowest BCUT2D eigenvalue weighted by Crippen LogP contribution is -2.47. The van der Waals surface area contributed by atoms with Gasteiger partial charge in [-0.15, -0.1) is 0 Å². The average Bonchev–Trinajstić information content (AvgIpc) is 2.28. The van der Waals surface area contributed by atoms with Crippen LogP contribution in [-0.2, 0) is 0 Å². The van der Waals surface area contributed by atoms with Crippen LogP contribution in [0.25, 0.3) is 18.8 Å². The van der Waals surface area contributed by atoms with E-state index in [0.29, 0.717) is 10.9 Å². The molecule has 0 radical (unpaired) electrons. The van der Waals surface area contributed by atoms with Gasteiger partial charge in [-0.25, -0.2) is 0 Å². The third-order valence-electron chi connectivity index (χ3n) is 2.35. The summed E-state index contributed by atoms with van der Waals surface area (Å²) in [4.78, 5) is 13.6. The fourth-order valence-electron chi connectivity index (χ4n) is 1.49. The van der Waals surface area contributed by atoms with E-state index in [2.05, 4.69) is 18.1 Å². The van der Waals surface area contributed by atoms with Crippen molar-refractivity contribution >= 4 is 13.2 Å². The smallest absolute Gasteiger partial charge is 0.278 e. The molecule has 4 nitrogen and oxygen atoms in total. The van der Waals surface area contributed by atoms with Gasteiger partial charge >= 0.3 is 0 Å². The molecule has 2 aromatic rings. The minimum Gasteiger partial charge on any atom is -0.490 e. The van der Waals surface area contributed by atoms with E-state index in [9.17, 15) is 9.90 Å². The van der Waals surface area contributed by atoms with Crippen LogP contribution in [0.1, 0.15) is 0 Å². The molecule has 0 amide bonds. The number of rotatable bonds is 1. The predicted octanol–water partition coefficient (Wildman–Crippen LogP) is -0.822. The van der Waals surface area contributed by atoms with E-state index in [4.69, 9.17) is 0 Å². The summed E-state index contributed by atoms with van der Waals surface area (Å²) in [5.41, 5.74) is 0.00739. The molecule has 4 heteroatoms. The second kappa shape index (κ2) is 3.66. The van der Waals surface area contributed by atoms with Crippen LogP contribution >= 0.6 is 0 Å². The van der Waals surface area contributed by atoms with Crippen molar-refractivity contribution in [1.29, 1.82) is 0 Å². The molecule has 0 aliphatic carbocycles. The first-order valence-electron chi connectivity index (χ1n) is 4.71. The molecule has 0 unspecified atom stereocenters. The Balaban J connectivity index is 2.87. The minimum absolute atomic E-state index is 0.210. The molecule has 16 heavy (non-hydrogen) atoms. The summed E-state index contributed by atoms with van der Waals surface area (Å²) >= 11 is 0. The third kappa shape index (κ3) is 1.50. The van der Waals surface area contributed by atoms with Crippen molar-refractivity contribution in [3.05, 3.63) is 51.4 Å². The van der Waals surface area contributed by atoms with Crippen LogP contribution < -0.4 is 20.6 Å². The third-order valence-corrected chi connectivity index (χ3v) is 2.35. The van der Waals surface area contributed by atoms with E-state index < -0.39 is 5.56 Å². The monoisotopic (exact) mass is 215 g/mol. The Hall–Kier alpha value is -2.36. The summed E-state index contributed by atoms with van der Waals surface area (Å²) < 4.78 is 1.67. The molecule has 0 spiro atoms. The summed E-state index contributed by atoms with van der Waals surface area (Å²) in [6.45, 7) is 7.37. The van der Waals surface area contributed by atoms with E-state index in [1.165, 1.54) is 0 Å². The molecule has 2 aromatic heterocycles. The zero-order chi connectivity index (χ0) is 11.7. The van der Waals surface area contributed by atoms with Gasteiger partial charge in [0.25, 0.3) is 17.1 Å². The average molecular weight is 215 g/mol. The topological polar surface area (TPSA) is 57.0 Å². The second-order valence-corrected chi connectivity index (χ2v) is 3.39. The van der Waals surface area contributed by atoms with Gasteiger partial charge in [-0.3, -0.25) is 9.78 Å². The standard InChI is InChI=1S/C12H10N2O2/c1-8-9(2)11(15)13-12(16)10(8)14-6-4-3-5-7-14/h3-7H,1-2H2,(H-,13,15,16)/p+1. The maximum atomic E-state index is 11.3. The summed E-state index contributed by atoms with van der Waals surface area (Å²) in [5.74, 6) is -0.210. The Morgan fingerprint density at radius 2 is 1.75 bits per heavy atom. The maximum Gasteiger partial charge on any atom is 0.278 e. The highest BCUT2D eigenvalue weighted by Gasteiger charge is 2.14.